The number of nitrogens with one attached hydrogen (secondary N) is 2. The Labute approximate surface area is 339 Å². The van der Waals surface area contributed by atoms with Crippen molar-refractivity contribution in [2.24, 2.45) is 0 Å². The molecule has 0 radical (unpaired) electrons. The molecule has 0 spiro atoms. The lowest BCUT2D eigenvalue weighted by atomic mass is 10.1. The van der Waals surface area contributed by atoms with Crippen LogP contribution in [0.4, 0.5) is 14.6 Å². The number of nitrogens with zero attached hydrogens (tertiary/aromatic N) is 6. The molecule has 26 heteroatoms. The molecular formula is C34H40F2N8O13P2Si. The third-order valence-corrected chi connectivity index (χ3v) is 17.3. The minimum Gasteiger partial charge on any atom is -0.408 e. The van der Waals surface area contributed by atoms with E-state index in [4.69, 9.17) is 32.0 Å². The topological polar surface area (TPSA) is 263 Å². The van der Waals surface area contributed by atoms with Crippen LogP contribution in [0.15, 0.2) is 60.3 Å². The third-order valence-electron chi connectivity index (χ3n) is 10.8. The highest BCUT2D eigenvalue weighted by Crippen LogP contribution is 2.55. The van der Waals surface area contributed by atoms with E-state index in [2.05, 4.69) is 30.2 Å². The van der Waals surface area contributed by atoms with Crippen molar-refractivity contribution in [1.29, 1.82) is 0 Å². The zero-order valence-electron chi connectivity index (χ0n) is 32.4. The molecule has 7 heterocycles. The summed E-state index contributed by atoms with van der Waals surface area (Å²) < 4.78 is 102. The summed E-state index contributed by atoms with van der Waals surface area (Å²) in [5, 5.41) is 1.72. The van der Waals surface area contributed by atoms with E-state index in [1.165, 1.54) is 0 Å². The lowest BCUT2D eigenvalue weighted by molar-refractivity contribution is -0.0670. The molecule has 4 aromatic heterocycles. The number of aromatic amines is 1. The first-order valence-electron chi connectivity index (χ1n) is 18.5. The first-order valence-corrected chi connectivity index (χ1v) is 24.4. The molecule has 322 valence electrons. The van der Waals surface area contributed by atoms with Crippen molar-refractivity contribution in [3.63, 3.8) is 0 Å². The number of hydrogen-bond acceptors (Lipinski definition) is 15. The number of rotatable bonds is 6. The largest absolute Gasteiger partial charge is 0.472 e. The number of carbonyl (C=O) groups excluding carboxylic acids is 1. The molecule has 0 aliphatic carbocycles. The fraction of sp³-hybridized carbons (Fsp3) is 0.471. The van der Waals surface area contributed by atoms with Gasteiger partial charge in [0.05, 0.1) is 25.9 Å². The quantitative estimate of drug-likeness (QED) is 0.135. The number of anilines is 1. The van der Waals surface area contributed by atoms with Crippen LogP contribution in [0.1, 0.15) is 43.6 Å². The third kappa shape index (κ3) is 8.03. The summed E-state index contributed by atoms with van der Waals surface area (Å²) in [7, 11) is -13.4. The second kappa shape index (κ2) is 15.6. The highest BCUT2D eigenvalue weighted by molar-refractivity contribution is 7.47. The Morgan fingerprint density at radius 3 is 2.32 bits per heavy atom. The van der Waals surface area contributed by atoms with E-state index in [0.717, 1.165) is 34.3 Å². The predicted octanol–water partition coefficient (Wildman–Crippen LogP) is 4.50. The number of amides is 1. The van der Waals surface area contributed by atoms with Crippen molar-refractivity contribution in [3.05, 3.63) is 77.2 Å². The van der Waals surface area contributed by atoms with Gasteiger partial charge in [0, 0.05) is 11.8 Å². The molecule has 1 aromatic carbocycles. The normalized spacial score (nSPS) is 31.7. The molecule has 21 nitrogen and oxygen atoms in total. The van der Waals surface area contributed by atoms with Crippen molar-refractivity contribution >= 4 is 57.9 Å². The number of ether oxygens (including phenoxy) is 2. The van der Waals surface area contributed by atoms with E-state index < -0.39 is 114 Å². The standard InChI is InChI=1S/C34H40F2N8O13P2Si/c1-34(2,3)60(4,5)57-25-20-13-52-58(47,48)55-24-19(12-51-59(49,50)56-26(25)33(54-20)43-11-18(35)21-28(43)38-15-40-31(21)46)53-32(22(24)36)44-16-41-23-27(37-14-39-29(23)44)42-30(45)17-9-7-6-8-10-17/h6-11,14-16,19-20,22,24-26,32-33H,12-13H2,1-5H3,(H,47,48)(H,49,50)(H,38,40,46)(H,37,39,42,45)/t19-,20-,22-,24-,25-,26-,32-,33-/m1/s1. The number of fused-ring (bicyclic) bond motifs is 5. The van der Waals surface area contributed by atoms with Gasteiger partial charge in [0.2, 0.25) is 0 Å². The number of imidazole rings is 1. The Morgan fingerprint density at radius 1 is 0.950 bits per heavy atom. The van der Waals surface area contributed by atoms with Crippen LogP contribution in [-0.4, -0.2) is 108 Å². The van der Waals surface area contributed by atoms with Crippen LogP contribution < -0.4 is 10.9 Å². The molecular weight excluding hydrogens is 856 g/mol. The molecule has 3 aliphatic heterocycles. The molecule has 2 bridgehead atoms. The van der Waals surface area contributed by atoms with E-state index in [1.807, 2.05) is 33.9 Å². The number of alkyl halides is 1. The van der Waals surface area contributed by atoms with Gasteiger partial charge in [0.1, 0.15) is 42.2 Å². The van der Waals surface area contributed by atoms with Crippen LogP contribution in [0.3, 0.4) is 0 Å². The highest BCUT2D eigenvalue weighted by atomic mass is 31.2. The summed E-state index contributed by atoms with van der Waals surface area (Å²) in [6.07, 6.45) is -9.42. The maximum atomic E-state index is 16.6. The average Bonchev–Trinajstić information content (AvgIpc) is 3.93. The van der Waals surface area contributed by atoms with Crippen molar-refractivity contribution < 1.29 is 64.5 Å². The van der Waals surface area contributed by atoms with Crippen LogP contribution in [0.2, 0.25) is 18.1 Å². The summed E-state index contributed by atoms with van der Waals surface area (Å²) in [4.78, 5) is 66.7. The lowest BCUT2D eigenvalue weighted by Gasteiger charge is -2.40. The Balaban J connectivity index is 1.12. The smallest absolute Gasteiger partial charge is 0.408 e. The summed E-state index contributed by atoms with van der Waals surface area (Å²) in [5.41, 5.74) is -0.702. The maximum absolute atomic E-state index is 16.6. The van der Waals surface area contributed by atoms with E-state index in [0.29, 0.717) is 5.56 Å². The van der Waals surface area contributed by atoms with Gasteiger partial charge in [-0.15, -0.1) is 0 Å². The van der Waals surface area contributed by atoms with Gasteiger partial charge in [0.25, 0.3) is 11.5 Å². The van der Waals surface area contributed by atoms with Gasteiger partial charge in [-0.3, -0.25) is 32.3 Å². The van der Waals surface area contributed by atoms with Crippen molar-refractivity contribution in [2.45, 2.75) is 88.1 Å². The Bertz CT molecular complexity index is 2590. The lowest BCUT2D eigenvalue weighted by Crippen LogP contribution is -2.50. The first kappa shape index (κ1) is 42.5. The average molecular weight is 897 g/mol. The number of phosphoric ester groups is 2. The predicted molar refractivity (Wildman–Crippen MR) is 206 cm³/mol. The summed E-state index contributed by atoms with van der Waals surface area (Å²) in [5.74, 6) is -1.53. The van der Waals surface area contributed by atoms with Gasteiger partial charge in [0.15, 0.2) is 55.4 Å². The molecule has 60 heavy (non-hydrogen) atoms. The van der Waals surface area contributed by atoms with Crippen LogP contribution in [-0.2, 0) is 41.1 Å². The number of aromatic nitrogens is 7. The molecule has 3 aliphatic rings. The zero-order valence-corrected chi connectivity index (χ0v) is 35.2. The van der Waals surface area contributed by atoms with Crippen LogP contribution in [0, 0.1) is 5.82 Å². The second-order valence-corrected chi connectivity index (χ2v) is 23.3. The molecule has 5 aromatic rings. The van der Waals surface area contributed by atoms with Crippen LogP contribution >= 0.6 is 15.6 Å². The summed E-state index contributed by atoms with van der Waals surface area (Å²) in [6, 6.07) is 8.25. The maximum Gasteiger partial charge on any atom is 0.472 e. The highest BCUT2D eigenvalue weighted by Gasteiger charge is 2.57. The molecule has 10 atom stereocenters. The molecule has 1 amide bonds. The van der Waals surface area contributed by atoms with Crippen molar-refractivity contribution in [1.82, 2.24) is 34.1 Å². The molecule has 4 N–H and O–H groups in total. The van der Waals surface area contributed by atoms with E-state index in [-0.39, 0.29) is 22.6 Å². The van der Waals surface area contributed by atoms with Crippen LogP contribution in [0.5, 0.6) is 0 Å². The van der Waals surface area contributed by atoms with Gasteiger partial charge in [-0.05, 0) is 30.3 Å². The Hall–Kier alpha value is -4.16. The number of halogens is 2. The van der Waals surface area contributed by atoms with Gasteiger partial charge >= 0.3 is 15.6 Å². The number of hydrogen-bond donors (Lipinski definition) is 4. The second-order valence-electron chi connectivity index (χ2n) is 15.8. The van der Waals surface area contributed by atoms with E-state index in [9.17, 15) is 28.5 Å². The van der Waals surface area contributed by atoms with Gasteiger partial charge < -0.3 is 38.6 Å². The molecule has 0 saturated carbocycles. The fourth-order valence-electron chi connectivity index (χ4n) is 6.86. The number of benzene rings is 1. The number of phosphoric acid groups is 2. The fourth-order valence-corrected chi connectivity index (χ4v) is 10.1. The molecule has 3 saturated heterocycles. The van der Waals surface area contributed by atoms with E-state index in [1.54, 1.807) is 30.3 Å². The number of H-pyrrole nitrogens is 1. The van der Waals surface area contributed by atoms with Crippen LogP contribution in [0.25, 0.3) is 22.2 Å². The van der Waals surface area contributed by atoms with Crippen molar-refractivity contribution in [3.8, 4) is 0 Å². The van der Waals surface area contributed by atoms with Gasteiger partial charge in [-0.25, -0.2) is 37.8 Å². The minimum absolute atomic E-state index is 0.0148. The van der Waals surface area contributed by atoms with Gasteiger partial charge in [-0.1, -0.05) is 39.0 Å². The Kier molecular flexibility index (Phi) is 11.1. The zero-order chi connectivity index (χ0) is 42.9. The monoisotopic (exact) mass is 896 g/mol. The van der Waals surface area contributed by atoms with Crippen molar-refractivity contribution in [2.75, 3.05) is 18.5 Å². The minimum atomic E-state index is -5.28. The SMILES string of the molecule is CC(C)(C)[Si](C)(C)O[C@H]1[C@H]2OP(=O)(O)OC[C@H]3O[C@@H](n4cnc5c(NC(=O)c6ccccc6)ncnc54)[C@H](F)[C@@H]3OP(=O)(O)OC[C@H]1O[C@H]2n1cc(F)c2c(=O)[nH]cnc21. The molecule has 8 rings (SSSR count). The first-order chi connectivity index (χ1) is 28.2. The van der Waals surface area contributed by atoms with E-state index >= 15 is 8.78 Å². The van der Waals surface area contributed by atoms with Gasteiger partial charge in [-0.2, -0.15) is 0 Å². The molecule has 3 fully saturated rings. The Morgan fingerprint density at radius 2 is 1.62 bits per heavy atom. The summed E-state index contributed by atoms with van der Waals surface area (Å²) in [6.45, 7) is 7.71. The summed E-state index contributed by atoms with van der Waals surface area (Å²) >= 11 is 0. The number of carbonyl (C=O) groups is 1. The molecule has 2 unspecified atom stereocenters.